The number of hydrogen-bond donors (Lipinski definition) is 1. The van der Waals surface area contributed by atoms with E-state index >= 15 is 0 Å². The Kier molecular flexibility index (Phi) is 3.97. The van der Waals surface area contributed by atoms with E-state index in [9.17, 15) is 4.79 Å². The predicted octanol–water partition coefficient (Wildman–Crippen LogP) is 0.609. The number of piperidine rings is 1. The highest BCUT2D eigenvalue weighted by Gasteiger charge is 2.29. The summed E-state index contributed by atoms with van der Waals surface area (Å²) in [5.74, 6) is 2.76. The molecule has 1 fully saturated rings. The number of nitrogens with one attached hydrogen (secondary N) is 1. The Labute approximate surface area is 85.9 Å². The number of likely N-dealkylation sites (tertiary alicyclic amines) is 1. The number of terminal acetylenes is 1. The summed E-state index contributed by atoms with van der Waals surface area (Å²) in [6.45, 7) is 5.53. The summed E-state index contributed by atoms with van der Waals surface area (Å²) < 4.78 is 0. The molecule has 14 heavy (non-hydrogen) atoms. The monoisotopic (exact) mass is 194 g/mol. The number of amides is 1. The van der Waals surface area contributed by atoms with Crippen LogP contribution in [0.4, 0.5) is 0 Å². The van der Waals surface area contributed by atoms with Gasteiger partial charge in [0.25, 0.3) is 0 Å². The molecule has 0 radical (unpaired) electrons. The van der Waals surface area contributed by atoms with Gasteiger partial charge in [-0.2, -0.15) is 0 Å². The molecule has 0 aromatic carbocycles. The summed E-state index contributed by atoms with van der Waals surface area (Å²) in [5.41, 5.74) is 0. The summed E-state index contributed by atoms with van der Waals surface area (Å²) in [6, 6.07) is -0.103. The van der Waals surface area contributed by atoms with Gasteiger partial charge in [0.1, 0.15) is 0 Å². The van der Waals surface area contributed by atoms with Crippen LogP contribution in [0.5, 0.6) is 0 Å². The molecule has 1 aliphatic heterocycles. The first-order valence-electron chi connectivity index (χ1n) is 5.20. The van der Waals surface area contributed by atoms with Crippen LogP contribution in [0.3, 0.4) is 0 Å². The maximum absolute atomic E-state index is 11.9. The van der Waals surface area contributed by atoms with Crippen LogP contribution in [-0.2, 0) is 4.79 Å². The minimum absolute atomic E-state index is 0.0236. The van der Waals surface area contributed by atoms with Crippen LogP contribution in [0, 0.1) is 12.3 Å². The van der Waals surface area contributed by atoms with E-state index in [-0.39, 0.29) is 18.0 Å². The zero-order valence-corrected chi connectivity index (χ0v) is 8.92. The van der Waals surface area contributed by atoms with E-state index in [4.69, 9.17) is 6.42 Å². The van der Waals surface area contributed by atoms with Gasteiger partial charge in [-0.05, 0) is 26.3 Å². The van der Waals surface area contributed by atoms with Gasteiger partial charge >= 0.3 is 0 Å². The summed E-state index contributed by atoms with van der Waals surface area (Å²) >= 11 is 0. The standard InChI is InChI=1S/C11H18N2O/c1-4-9(3)13-8-6-7-10(11(13)14)12-5-2/h1,9-10,12H,5-8H2,2-3H3. The number of nitrogens with zero attached hydrogens (tertiary/aromatic N) is 1. The van der Waals surface area contributed by atoms with Crippen molar-refractivity contribution < 1.29 is 4.79 Å². The van der Waals surface area contributed by atoms with E-state index in [1.54, 1.807) is 4.90 Å². The summed E-state index contributed by atoms with van der Waals surface area (Å²) in [6.07, 6.45) is 7.29. The fourth-order valence-corrected chi connectivity index (χ4v) is 1.81. The van der Waals surface area contributed by atoms with Gasteiger partial charge < -0.3 is 10.2 Å². The lowest BCUT2D eigenvalue weighted by molar-refractivity contribution is -0.137. The third kappa shape index (κ3) is 2.27. The smallest absolute Gasteiger partial charge is 0.240 e. The van der Waals surface area contributed by atoms with E-state index in [1.807, 2.05) is 13.8 Å². The third-order valence-corrected chi connectivity index (χ3v) is 2.63. The van der Waals surface area contributed by atoms with Crippen LogP contribution >= 0.6 is 0 Å². The molecule has 0 spiro atoms. The van der Waals surface area contributed by atoms with Crippen molar-refractivity contribution >= 4 is 5.91 Å². The van der Waals surface area contributed by atoms with Crippen molar-refractivity contribution in [2.24, 2.45) is 0 Å². The van der Waals surface area contributed by atoms with Gasteiger partial charge in [0.2, 0.25) is 5.91 Å². The fraction of sp³-hybridized carbons (Fsp3) is 0.727. The first-order valence-corrected chi connectivity index (χ1v) is 5.20. The number of likely N-dealkylation sites (N-methyl/N-ethyl adjacent to an activating group) is 1. The minimum atomic E-state index is -0.0797. The molecular formula is C11H18N2O. The average Bonchev–Trinajstić information content (AvgIpc) is 2.20. The Bertz CT molecular complexity index is 242. The van der Waals surface area contributed by atoms with Crippen LogP contribution in [0.2, 0.25) is 0 Å². The Morgan fingerprint density at radius 3 is 3.07 bits per heavy atom. The Balaban J connectivity index is 2.62. The molecule has 1 saturated heterocycles. The van der Waals surface area contributed by atoms with Crippen molar-refractivity contribution in [2.45, 2.75) is 38.8 Å². The van der Waals surface area contributed by atoms with E-state index < -0.39 is 0 Å². The highest BCUT2D eigenvalue weighted by molar-refractivity contribution is 5.83. The highest BCUT2D eigenvalue weighted by atomic mass is 16.2. The van der Waals surface area contributed by atoms with Gasteiger partial charge in [0.15, 0.2) is 0 Å². The van der Waals surface area contributed by atoms with Crippen molar-refractivity contribution in [3.63, 3.8) is 0 Å². The molecule has 1 amide bonds. The summed E-state index contributed by atoms with van der Waals surface area (Å²) in [7, 11) is 0. The molecule has 3 nitrogen and oxygen atoms in total. The van der Waals surface area contributed by atoms with Crippen LogP contribution in [0.1, 0.15) is 26.7 Å². The van der Waals surface area contributed by atoms with E-state index in [1.165, 1.54) is 0 Å². The van der Waals surface area contributed by atoms with Crippen LogP contribution < -0.4 is 5.32 Å². The van der Waals surface area contributed by atoms with Crippen LogP contribution in [0.25, 0.3) is 0 Å². The van der Waals surface area contributed by atoms with Crippen molar-refractivity contribution in [3.05, 3.63) is 0 Å². The third-order valence-electron chi connectivity index (χ3n) is 2.63. The first kappa shape index (κ1) is 11.1. The van der Waals surface area contributed by atoms with Crippen LogP contribution in [-0.4, -0.2) is 36.0 Å². The second-order valence-electron chi connectivity index (χ2n) is 3.63. The molecule has 1 rings (SSSR count). The fourth-order valence-electron chi connectivity index (χ4n) is 1.81. The lowest BCUT2D eigenvalue weighted by Gasteiger charge is -2.34. The average molecular weight is 194 g/mol. The predicted molar refractivity (Wildman–Crippen MR) is 56.7 cm³/mol. The molecule has 78 valence electrons. The maximum Gasteiger partial charge on any atom is 0.240 e. The van der Waals surface area contributed by atoms with Gasteiger partial charge in [0.05, 0.1) is 12.1 Å². The van der Waals surface area contributed by atoms with Gasteiger partial charge in [-0.3, -0.25) is 4.79 Å². The largest absolute Gasteiger partial charge is 0.328 e. The molecule has 2 atom stereocenters. The second kappa shape index (κ2) is 5.02. The van der Waals surface area contributed by atoms with Crippen molar-refractivity contribution in [1.29, 1.82) is 0 Å². The summed E-state index contributed by atoms with van der Waals surface area (Å²) in [5, 5.41) is 3.18. The normalized spacial score (nSPS) is 24.5. The maximum atomic E-state index is 11.9. The van der Waals surface area contributed by atoms with Crippen molar-refractivity contribution in [2.75, 3.05) is 13.1 Å². The number of hydrogen-bond acceptors (Lipinski definition) is 2. The highest BCUT2D eigenvalue weighted by Crippen LogP contribution is 2.14. The molecule has 2 unspecified atom stereocenters. The Morgan fingerprint density at radius 2 is 2.50 bits per heavy atom. The number of rotatable bonds is 3. The molecular weight excluding hydrogens is 176 g/mol. The van der Waals surface area contributed by atoms with E-state index in [0.29, 0.717) is 0 Å². The molecule has 1 N–H and O–H groups in total. The molecule has 1 heterocycles. The van der Waals surface area contributed by atoms with Crippen molar-refractivity contribution in [3.8, 4) is 12.3 Å². The number of carbonyl (C=O) groups is 1. The van der Waals surface area contributed by atoms with Gasteiger partial charge in [-0.15, -0.1) is 6.42 Å². The quantitative estimate of drug-likeness (QED) is 0.668. The van der Waals surface area contributed by atoms with Crippen LogP contribution in [0.15, 0.2) is 0 Å². The molecule has 0 bridgehead atoms. The number of carbonyl (C=O) groups excluding carboxylic acids is 1. The molecule has 1 aliphatic rings. The van der Waals surface area contributed by atoms with Gasteiger partial charge in [-0.1, -0.05) is 12.8 Å². The van der Waals surface area contributed by atoms with E-state index in [0.717, 1.165) is 25.9 Å². The molecule has 0 aliphatic carbocycles. The zero-order chi connectivity index (χ0) is 10.6. The van der Waals surface area contributed by atoms with Gasteiger partial charge in [0, 0.05) is 6.54 Å². The molecule has 0 aromatic rings. The summed E-state index contributed by atoms with van der Waals surface area (Å²) in [4.78, 5) is 13.7. The molecule has 0 aromatic heterocycles. The van der Waals surface area contributed by atoms with Crippen molar-refractivity contribution in [1.82, 2.24) is 10.2 Å². The first-order chi connectivity index (χ1) is 6.70. The Hall–Kier alpha value is -1.01. The van der Waals surface area contributed by atoms with E-state index in [2.05, 4.69) is 11.2 Å². The second-order valence-corrected chi connectivity index (χ2v) is 3.63. The molecule has 3 heteroatoms. The SMILES string of the molecule is C#CC(C)N1CCCC(NCC)C1=O. The Morgan fingerprint density at radius 1 is 1.79 bits per heavy atom. The topological polar surface area (TPSA) is 32.3 Å². The lowest BCUT2D eigenvalue weighted by Crippen LogP contribution is -2.53. The lowest BCUT2D eigenvalue weighted by atomic mass is 10.0. The minimum Gasteiger partial charge on any atom is -0.328 e. The molecule has 0 saturated carbocycles. The zero-order valence-electron chi connectivity index (χ0n) is 8.92. The van der Waals surface area contributed by atoms with Gasteiger partial charge in [-0.25, -0.2) is 0 Å².